The quantitative estimate of drug-likeness (QED) is 0.424. The summed E-state index contributed by atoms with van der Waals surface area (Å²) in [4.78, 5) is 13.2. The molecule has 3 heterocycles. The Balaban J connectivity index is 1.76. The smallest absolute Gasteiger partial charge is 0.285 e. The van der Waals surface area contributed by atoms with Gasteiger partial charge in [0.1, 0.15) is 17.1 Å². The van der Waals surface area contributed by atoms with E-state index in [0.29, 0.717) is 33.3 Å². The summed E-state index contributed by atoms with van der Waals surface area (Å²) in [6.07, 6.45) is 1.62. The number of hydrogen-bond donors (Lipinski definition) is 0. The van der Waals surface area contributed by atoms with Gasteiger partial charge in [-0.25, -0.2) is 8.91 Å². The summed E-state index contributed by atoms with van der Waals surface area (Å²) in [5.41, 5.74) is 3.42. The Labute approximate surface area is 180 Å². The second-order valence-corrected chi connectivity index (χ2v) is 7.38. The topological polar surface area (TPSA) is 74.3 Å². The van der Waals surface area contributed by atoms with Gasteiger partial charge in [-0.2, -0.15) is 5.10 Å². The van der Waals surface area contributed by atoms with Crippen molar-refractivity contribution in [1.29, 1.82) is 0 Å². The zero-order valence-corrected chi connectivity index (χ0v) is 17.3. The number of methoxy groups -OCH3 is 1. The number of aryl methyl sites for hydroxylation is 1. The molecule has 0 saturated carbocycles. The lowest BCUT2D eigenvalue weighted by molar-refractivity contribution is 0.412. The van der Waals surface area contributed by atoms with Gasteiger partial charge < -0.3 is 4.74 Å². The maximum absolute atomic E-state index is 13.3. The number of nitrogens with zero attached hydrogens (tertiary/aromatic N) is 5. The molecule has 2 aromatic carbocycles. The van der Waals surface area contributed by atoms with Crippen LogP contribution in [0.5, 0.6) is 5.75 Å². The number of rotatable bonds is 3. The SMILES string of the molecule is COc1ccc(Cl)cc1-n1ccc2c(nnc3c(-c4ccc(F)cc4)c(C)nn32)c1=O. The normalized spacial score (nSPS) is 11.4. The van der Waals surface area contributed by atoms with Crippen LogP contribution in [0.1, 0.15) is 5.69 Å². The van der Waals surface area contributed by atoms with E-state index < -0.39 is 0 Å². The largest absolute Gasteiger partial charge is 0.495 e. The molecule has 5 aromatic rings. The van der Waals surface area contributed by atoms with Gasteiger partial charge in [-0.1, -0.05) is 23.7 Å². The van der Waals surface area contributed by atoms with Gasteiger partial charge in [-0.05, 0) is 48.9 Å². The lowest BCUT2D eigenvalue weighted by atomic mass is 10.1. The molecule has 0 saturated heterocycles. The molecular formula is C22H15ClFN5O2. The van der Waals surface area contributed by atoms with E-state index in [4.69, 9.17) is 16.3 Å². The minimum Gasteiger partial charge on any atom is -0.495 e. The molecule has 7 nitrogen and oxygen atoms in total. The van der Waals surface area contributed by atoms with Crippen LogP contribution in [-0.2, 0) is 0 Å². The van der Waals surface area contributed by atoms with Crippen LogP contribution in [0.2, 0.25) is 5.02 Å². The standard InChI is InChI=1S/C22H15ClFN5O2/c1-12-19(13-3-6-15(24)7-4-13)21-26-25-20-16(29(21)27-12)9-10-28(22(20)30)17-11-14(23)5-8-18(17)31-2/h3-11H,1-2H3. The predicted octanol–water partition coefficient (Wildman–Crippen LogP) is 4.20. The number of ether oxygens (including phenoxy) is 1. The van der Waals surface area contributed by atoms with Crippen LogP contribution in [-0.4, -0.2) is 31.5 Å². The third-order valence-corrected chi connectivity index (χ3v) is 5.32. The Hall–Kier alpha value is -3.78. The fraction of sp³-hybridized carbons (Fsp3) is 0.0909. The fourth-order valence-corrected chi connectivity index (χ4v) is 3.82. The molecule has 0 fully saturated rings. The number of pyridine rings is 1. The zero-order valence-electron chi connectivity index (χ0n) is 16.5. The Kier molecular flexibility index (Phi) is 4.44. The van der Waals surface area contributed by atoms with E-state index in [-0.39, 0.29) is 16.9 Å². The maximum atomic E-state index is 13.3. The number of hydrogen-bond acceptors (Lipinski definition) is 5. The van der Waals surface area contributed by atoms with Gasteiger partial charge in [-0.15, -0.1) is 10.2 Å². The van der Waals surface area contributed by atoms with Crippen LogP contribution >= 0.6 is 11.6 Å². The average Bonchev–Trinajstić information content (AvgIpc) is 3.11. The molecule has 9 heteroatoms. The molecule has 0 radical (unpaired) electrons. The molecule has 0 bridgehead atoms. The lowest BCUT2D eigenvalue weighted by Gasteiger charge is -2.12. The molecule has 31 heavy (non-hydrogen) atoms. The Morgan fingerprint density at radius 3 is 2.58 bits per heavy atom. The summed E-state index contributed by atoms with van der Waals surface area (Å²) >= 11 is 6.12. The predicted molar refractivity (Wildman–Crippen MR) is 116 cm³/mol. The van der Waals surface area contributed by atoms with Crippen molar-refractivity contribution in [2.45, 2.75) is 6.92 Å². The van der Waals surface area contributed by atoms with Gasteiger partial charge in [0.25, 0.3) is 5.56 Å². The highest BCUT2D eigenvalue weighted by molar-refractivity contribution is 6.30. The Morgan fingerprint density at radius 1 is 1.06 bits per heavy atom. The molecule has 0 unspecified atom stereocenters. The van der Waals surface area contributed by atoms with Crippen LogP contribution in [0.3, 0.4) is 0 Å². The van der Waals surface area contributed by atoms with Gasteiger partial charge in [0.15, 0.2) is 11.2 Å². The number of halogens is 2. The highest BCUT2D eigenvalue weighted by atomic mass is 35.5. The maximum Gasteiger partial charge on any atom is 0.285 e. The van der Waals surface area contributed by atoms with Crippen LogP contribution in [0, 0.1) is 12.7 Å². The van der Waals surface area contributed by atoms with Crippen molar-refractivity contribution in [3.63, 3.8) is 0 Å². The fourth-order valence-electron chi connectivity index (χ4n) is 3.65. The van der Waals surface area contributed by atoms with Gasteiger partial charge in [0, 0.05) is 11.2 Å². The van der Waals surface area contributed by atoms with Crippen LogP contribution in [0.4, 0.5) is 4.39 Å². The third kappa shape index (κ3) is 3.03. The van der Waals surface area contributed by atoms with Crippen molar-refractivity contribution in [3.8, 4) is 22.6 Å². The summed E-state index contributed by atoms with van der Waals surface area (Å²) < 4.78 is 21.7. The Morgan fingerprint density at radius 2 is 1.84 bits per heavy atom. The summed E-state index contributed by atoms with van der Waals surface area (Å²) in [6, 6.07) is 12.8. The van der Waals surface area contributed by atoms with E-state index >= 15 is 0 Å². The van der Waals surface area contributed by atoms with E-state index in [1.165, 1.54) is 23.8 Å². The van der Waals surface area contributed by atoms with Gasteiger partial charge >= 0.3 is 0 Å². The van der Waals surface area contributed by atoms with Crippen molar-refractivity contribution < 1.29 is 9.13 Å². The van der Waals surface area contributed by atoms with Gasteiger partial charge in [0.2, 0.25) is 0 Å². The molecular weight excluding hydrogens is 421 g/mol. The van der Waals surface area contributed by atoms with Crippen LogP contribution < -0.4 is 10.3 Å². The monoisotopic (exact) mass is 435 g/mol. The lowest BCUT2D eigenvalue weighted by Crippen LogP contribution is -2.20. The van der Waals surface area contributed by atoms with E-state index in [1.807, 2.05) is 6.92 Å². The van der Waals surface area contributed by atoms with Crippen LogP contribution in [0.25, 0.3) is 33.5 Å². The first kappa shape index (κ1) is 19.2. The second kappa shape index (κ2) is 7.17. The summed E-state index contributed by atoms with van der Waals surface area (Å²) in [6.45, 7) is 1.83. The molecule has 3 aromatic heterocycles. The molecule has 0 aliphatic rings. The number of aromatic nitrogens is 5. The molecule has 154 valence electrons. The third-order valence-electron chi connectivity index (χ3n) is 5.09. The van der Waals surface area contributed by atoms with Gasteiger partial charge in [0.05, 0.1) is 24.1 Å². The molecule has 0 aliphatic heterocycles. The minimum absolute atomic E-state index is 0.144. The van der Waals surface area contributed by atoms with Crippen molar-refractivity contribution in [1.82, 2.24) is 24.4 Å². The molecule has 0 atom stereocenters. The molecule has 0 spiro atoms. The first-order valence-electron chi connectivity index (χ1n) is 9.35. The molecule has 0 N–H and O–H groups in total. The average molecular weight is 436 g/mol. The first-order chi connectivity index (χ1) is 15.0. The van der Waals surface area contributed by atoms with E-state index in [9.17, 15) is 9.18 Å². The van der Waals surface area contributed by atoms with Crippen molar-refractivity contribution in [2.24, 2.45) is 0 Å². The summed E-state index contributed by atoms with van der Waals surface area (Å²) in [5, 5.41) is 13.5. The number of fused-ring (bicyclic) bond motifs is 3. The molecule has 5 rings (SSSR count). The van der Waals surface area contributed by atoms with E-state index in [2.05, 4.69) is 15.3 Å². The minimum atomic E-state index is -0.385. The van der Waals surface area contributed by atoms with E-state index in [0.717, 1.165) is 11.1 Å². The van der Waals surface area contributed by atoms with Gasteiger partial charge in [-0.3, -0.25) is 9.36 Å². The van der Waals surface area contributed by atoms with Crippen molar-refractivity contribution in [3.05, 3.63) is 81.6 Å². The van der Waals surface area contributed by atoms with Crippen LogP contribution in [0.15, 0.2) is 59.5 Å². The van der Waals surface area contributed by atoms with E-state index in [1.54, 1.807) is 47.1 Å². The van der Waals surface area contributed by atoms with Crippen molar-refractivity contribution >= 4 is 28.3 Å². The highest BCUT2D eigenvalue weighted by Crippen LogP contribution is 2.29. The zero-order chi connectivity index (χ0) is 21.7. The first-order valence-corrected chi connectivity index (χ1v) is 9.73. The molecule has 0 amide bonds. The highest BCUT2D eigenvalue weighted by Gasteiger charge is 2.18. The second-order valence-electron chi connectivity index (χ2n) is 6.94. The molecule has 0 aliphatic carbocycles. The Bertz CT molecular complexity index is 1530. The van der Waals surface area contributed by atoms with Crippen molar-refractivity contribution in [2.75, 3.05) is 7.11 Å². The summed E-state index contributed by atoms with van der Waals surface area (Å²) in [5.74, 6) is 0.167. The number of benzene rings is 2. The summed E-state index contributed by atoms with van der Waals surface area (Å²) in [7, 11) is 1.52.